The first kappa shape index (κ1) is 14.9. The minimum absolute atomic E-state index is 0.203. The van der Waals surface area contributed by atoms with E-state index in [4.69, 9.17) is 22.1 Å². The van der Waals surface area contributed by atoms with Crippen LogP contribution >= 0.6 is 11.6 Å². The summed E-state index contributed by atoms with van der Waals surface area (Å²) in [5.41, 5.74) is 6.11. The molecule has 0 saturated carbocycles. The molecule has 0 aliphatic carbocycles. The third-order valence-electron chi connectivity index (χ3n) is 2.85. The monoisotopic (exact) mass is 304 g/mol. The molecule has 2 rings (SSSR count). The quantitative estimate of drug-likeness (QED) is 0.911. The first-order valence-corrected chi connectivity index (χ1v) is 6.44. The van der Waals surface area contributed by atoms with Crippen molar-refractivity contribution in [3.63, 3.8) is 0 Å². The fraction of sp³-hybridized carbons (Fsp3) is 0.0667. The molecule has 0 radical (unpaired) electrons. The number of methoxy groups -OCH3 is 1. The van der Waals surface area contributed by atoms with E-state index in [0.717, 1.165) is 0 Å². The van der Waals surface area contributed by atoms with E-state index in [-0.39, 0.29) is 11.1 Å². The van der Waals surface area contributed by atoms with Crippen LogP contribution in [0.15, 0.2) is 42.5 Å². The Morgan fingerprint density at radius 1 is 1.19 bits per heavy atom. The lowest BCUT2D eigenvalue weighted by molar-refractivity contribution is 0.1000. The predicted molar refractivity (Wildman–Crippen MR) is 80.9 cm³/mol. The van der Waals surface area contributed by atoms with Gasteiger partial charge in [-0.05, 0) is 30.3 Å². The zero-order valence-corrected chi connectivity index (χ0v) is 12.0. The summed E-state index contributed by atoms with van der Waals surface area (Å²) in [5.74, 6) is -0.725. The molecule has 2 amide bonds. The van der Waals surface area contributed by atoms with Crippen molar-refractivity contribution in [2.45, 2.75) is 0 Å². The third kappa shape index (κ3) is 3.32. The number of amides is 2. The summed E-state index contributed by atoms with van der Waals surface area (Å²) in [6.07, 6.45) is 0. The van der Waals surface area contributed by atoms with Crippen LogP contribution in [0.3, 0.4) is 0 Å². The fourth-order valence-corrected chi connectivity index (χ4v) is 1.97. The van der Waals surface area contributed by atoms with Crippen molar-refractivity contribution in [2.24, 2.45) is 5.73 Å². The lowest BCUT2D eigenvalue weighted by atomic mass is 10.1. The molecule has 21 heavy (non-hydrogen) atoms. The molecule has 0 fully saturated rings. The molecule has 2 aromatic carbocycles. The summed E-state index contributed by atoms with van der Waals surface area (Å²) in [5, 5.41) is 3.08. The van der Waals surface area contributed by atoms with Crippen LogP contribution < -0.4 is 15.8 Å². The number of anilines is 1. The zero-order chi connectivity index (χ0) is 15.4. The number of nitrogens with two attached hydrogens (primary N) is 1. The Hall–Kier alpha value is -2.53. The van der Waals surface area contributed by atoms with Gasteiger partial charge in [-0.15, -0.1) is 0 Å². The number of benzene rings is 2. The molecule has 0 heterocycles. The molecule has 6 heteroatoms. The molecule has 0 saturated heterocycles. The summed E-state index contributed by atoms with van der Waals surface area (Å²) in [7, 11) is 1.44. The molecule has 0 unspecified atom stereocenters. The summed E-state index contributed by atoms with van der Waals surface area (Å²) in [4.78, 5) is 23.5. The number of carbonyl (C=O) groups excluding carboxylic acids is 2. The molecule has 5 nitrogen and oxygen atoms in total. The smallest absolute Gasteiger partial charge is 0.259 e. The van der Waals surface area contributed by atoms with Crippen LogP contribution in [-0.2, 0) is 0 Å². The second kappa shape index (κ2) is 6.28. The number of nitrogens with one attached hydrogen (secondary N) is 1. The number of rotatable bonds is 4. The van der Waals surface area contributed by atoms with Crippen molar-refractivity contribution in [2.75, 3.05) is 12.4 Å². The highest BCUT2D eigenvalue weighted by atomic mass is 35.5. The Morgan fingerprint density at radius 3 is 2.52 bits per heavy atom. The van der Waals surface area contributed by atoms with Crippen LogP contribution in [0.1, 0.15) is 20.7 Å². The number of hydrogen-bond acceptors (Lipinski definition) is 3. The largest absolute Gasteiger partial charge is 0.496 e. The topological polar surface area (TPSA) is 81.4 Å². The Bertz CT molecular complexity index is 701. The molecule has 0 aliphatic rings. The Balaban J connectivity index is 2.36. The summed E-state index contributed by atoms with van der Waals surface area (Å²) < 4.78 is 5.12. The maximum atomic E-state index is 12.3. The third-order valence-corrected chi connectivity index (χ3v) is 3.18. The molecule has 0 spiro atoms. The molecule has 3 N–H and O–H groups in total. The Kier molecular flexibility index (Phi) is 4.45. The highest BCUT2D eigenvalue weighted by Crippen LogP contribution is 2.24. The first-order chi connectivity index (χ1) is 10.0. The van der Waals surface area contributed by atoms with Crippen LogP contribution in [0.2, 0.25) is 5.02 Å². The average Bonchev–Trinajstić information content (AvgIpc) is 2.48. The van der Waals surface area contributed by atoms with E-state index in [1.807, 2.05) is 0 Å². The maximum absolute atomic E-state index is 12.3. The van der Waals surface area contributed by atoms with E-state index in [1.165, 1.54) is 25.3 Å². The van der Waals surface area contributed by atoms with Gasteiger partial charge in [-0.1, -0.05) is 23.7 Å². The number of para-hydroxylation sites is 1. The fourth-order valence-electron chi connectivity index (χ4n) is 1.79. The zero-order valence-electron chi connectivity index (χ0n) is 11.2. The van der Waals surface area contributed by atoms with E-state index in [0.29, 0.717) is 16.5 Å². The van der Waals surface area contributed by atoms with Gasteiger partial charge in [0.25, 0.3) is 5.91 Å². The van der Waals surface area contributed by atoms with Gasteiger partial charge in [0, 0.05) is 5.56 Å². The van der Waals surface area contributed by atoms with Crippen LogP contribution in [0.5, 0.6) is 5.75 Å². The van der Waals surface area contributed by atoms with Crippen LogP contribution in [0, 0.1) is 0 Å². The second-order valence-corrected chi connectivity index (χ2v) is 4.62. The highest BCUT2D eigenvalue weighted by molar-refractivity contribution is 6.34. The SMILES string of the molecule is COc1ccc(C(N)=O)cc1C(=O)Nc1ccccc1Cl. The number of halogens is 1. The van der Waals surface area contributed by atoms with Crippen molar-refractivity contribution < 1.29 is 14.3 Å². The number of carbonyl (C=O) groups is 2. The molecular weight excluding hydrogens is 292 g/mol. The summed E-state index contributed by atoms with van der Waals surface area (Å²) >= 11 is 5.99. The molecular formula is C15H13ClN2O3. The second-order valence-electron chi connectivity index (χ2n) is 4.21. The van der Waals surface area contributed by atoms with E-state index in [9.17, 15) is 9.59 Å². The van der Waals surface area contributed by atoms with Crippen LogP contribution in [0.4, 0.5) is 5.69 Å². The molecule has 0 bridgehead atoms. The number of primary amides is 1. The predicted octanol–water partition coefficient (Wildman–Crippen LogP) is 2.70. The van der Waals surface area contributed by atoms with Gasteiger partial charge in [-0.2, -0.15) is 0 Å². The van der Waals surface area contributed by atoms with Gasteiger partial charge in [0.15, 0.2) is 0 Å². The van der Waals surface area contributed by atoms with Gasteiger partial charge >= 0.3 is 0 Å². The molecule has 0 atom stereocenters. The van der Waals surface area contributed by atoms with Gasteiger partial charge in [-0.25, -0.2) is 0 Å². The number of ether oxygens (including phenoxy) is 1. The minimum Gasteiger partial charge on any atom is -0.496 e. The number of hydrogen-bond donors (Lipinski definition) is 2. The first-order valence-electron chi connectivity index (χ1n) is 6.06. The van der Waals surface area contributed by atoms with E-state index >= 15 is 0 Å². The summed E-state index contributed by atoms with van der Waals surface area (Å²) in [6.45, 7) is 0. The molecule has 108 valence electrons. The lowest BCUT2D eigenvalue weighted by Gasteiger charge is -2.11. The maximum Gasteiger partial charge on any atom is 0.259 e. The molecule has 2 aromatic rings. The van der Waals surface area contributed by atoms with Gasteiger partial charge in [-0.3, -0.25) is 9.59 Å². The van der Waals surface area contributed by atoms with Crippen LogP contribution in [0.25, 0.3) is 0 Å². The van der Waals surface area contributed by atoms with Gasteiger partial charge < -0.3 is 15.8 Å². The molecule has 0 aromatic heterocycles. The van der Waals surface area contributed by atoms with Crippen molar-refractivity contribution in [3.05, 3.63) is 58.6 Å². The van der Waals surface area contributed by atoms with Gasteiger partial charge in [0.05, 0.1) is 23.4 Å². The standard InChI is InChI=1S/C15H13ClN2O3/c1-21-13-7-6-9(14(17)19)8-10(13)15(20)18-12-5-3-2-4-11(12)16/h2-8H,1H3,(H2,17,19)(H,18,20). The van der Waals surface area contributed by atoms with Crippen molar-refractivity contribution in [3.8, 4) is 5.75 Å². The highest BCUT2D eigenvalue weighted by Gasteiger charge is 2.16. The Labute approximate surface area is 126 Å². The van der Waals surface area contributed by atoms with E-state index in [1.54, 1.807) is 24.3 Å². The van der Waals surface area contributed by atoms with Crippen LogP contribution in [-0.4, -0.2) is 18.9 Å². The summed E-state index contributed by atoms with van der Waals surface area (Å²) in [6, 6.07) is 11.2. The van der Waals surface area contributed by atoms with Crippen molar-refractivity contribution in [1.82, 2.24) is 0 Å². The van der Waals surface area contributed by atoms with E-state index in [2.05, 4.69) is 5.32 Å². The Morgan fingerprint density at radius 2 is 1.90 bits per heavy atom. The van der Waals surface area contributed by atoms with Crippen molar-refractivity contribution >= 4 is 29.1 Å². The average molecular weight is 305 g/mol. The van der Waals surface area contributed by atoms with Crippen molar-refractivity contribution in [1.29, 1.82) is 0 Å². The van der Waals surface area contributed by atoms with Gasteiger partial charge in [0.1, 0.15) is 5.75 Å². The van der Waals surface area contributed by atoms with E-state index < -0.39 is 11.8 Å². The normalized spacial score (nSPS) is 10.0. The van der Waals surface area contributed by atoms with Gasteiger partial charge in [0.2, 0.25) is 5.91 Å². The molecule has 0 aliphatic heterocycles. The minimum atomic E-state index is -0.621. The lowest BCUT2D eigenvalue weighted by Crippen LogP contribution is -2.16.